The average molecular weight is 478 g/mol. The summed E-state index contributed by atoms with van der Waals surface area (Å²) in [5.41, 5.74) is 3.47. The van der Waals surface area contributed by atoms with Crippen molar-refractivity contribution in [3.63, 3.8) is 0 Å². The number of rotatable bonds is 5. The van der Waals surface area contributed by atoms with E-state index in [0.717, 1.165) is 37.6 Å². The van der Waals surface area contributed by atoms with Crippen molar-refractivity contribution in [3.05, 3.63) is 35.5 Å². The summed E-state index contributed by atoms with van der Waals surface area (Å²) in [5.74, 6) is -1.58. The largest absolute Gasteiger partial charge is 0.392 e. The zero-order valence-electron chi connectivity index (χ0n) is 21.6. The molecule has 0 aromatic heterocycles. The monoisotopic (exact) mass is 477 g/mol. The van der Waals surface area contributed by atoms with E-state index in [4.69, 9.17) is 0 Å². The topological polar surface area (TPSA) is 43.7 Å². The third-order valence-electron chi connectivity index (χ3n) is 10.1. The molecule has 1 saturated heterocycles. The van der Waals surface area contributed by atoms with Crippen LogP contribution in [0.5, 0.6) is 0 Å². The highest BCUT2D eigenvalue weighted by molar-refractivity contribution is 5.39. The molecule has 192 valence electrons. The normalized spacial score (nSPS) is 43.0. The average Bonchev–Trinajstić information content (AvgIpc) is 3.38. The number of aliphatic hydroxyl groups is 2. The van der Waals surface area contributed by atoms with Gasteiger partial charge in [-0.25, -0.2) is 8.78 Å². The molecule has 4 fully saturated rings. The van der Waals surface area contributed by atoms with Gasteiger partial charge >= 0.3 is 0 Å². The summed E-state index contributed by atoms with van der Waals surface area (Å²) in [7, 11) is 0. The molecule has 0 aromatic rings. The molecule has 3 nitrogen and oxygen atoms in total. The van der Waals surface area contributed by atoms with E-state index >= 15 is 0 Å². The van der Waals surface area contributed by atoms with Gasteiger partial charge in [0.15, 0.2) is 0 Å². The summed E-state index contributed by atoms with van der Waals surface area (Å²) in [4.78, 5) is 2.28. The third-order valence-corrected chi connectivity index (χ3v) is 10.1. The van der Waals surface area contributed by atoms with Gasteiger partial charge in [-0.1, -0.05) is 45.1 Å². The maximum atomic E-state index is 13.8. The number of aliphatic hydroxyl groups excluding tert-OH is 2. The zero-order chi connectivity index (χ0) is 24.8. The van der Waals surface area contributed by atoms with Gasteiger partial charge in [0.25, 0.3) is 0 Å². The van der Waals surface area contributed by atoms with Gasteiger partial charge < -0.3 is 15.1 Å². The number of fused-ring (bicyclic) bond motifs is 1. The molecular weight excluding hydrogens is 432 g/mol. The number of halogens is 2. The predicted octanol–water partition coefficient (Wildman–Crippen LogP) is 5.99. The van der Waals surface area contributed by atoms with Crippen molar-refractivity contribution in [1.82, 2.24) is 4.90 Å². The lowest BCUT2D eigenvalue weighted by molar-refractivity contribution is -0.0360. The highest BCUT2D eigenvalue weighted by atomic mass is 19.3. The van der Waals surface area contributed by atoms with Gasteiger partial charge in [-0.2, -0.15) is 0 Å². The fourth-order valence-electron chi connectivity index (χ4n) is 7.80. The van der Waals surface area contributed by atoms with Crippen LogP contribution in [0.15, 0.2) is 35.5 Å². The van der Waals surface area contributed by atoms with Gasteiger partial charge in [-0.3, -0.25) is 0 Å². The van der Waals surface area contributed by atoms with Crippen LogP contribution in [0.2, 0.25) is 0 Å². The van der Waals surface area contributed by atoms with Crippen LogP contribution in [-0.2, 0) is 0 Å². The molecule has 1 heterocycles. The number of hydrogen-bond donors (Lipinski definition) is 2. The first-order chi connectivity index (χ1) is 15.9. The minimum atomic E-state index is -2.58. The highest BCUT2D eigenvalue weighted by Crippen LogP contribution is 2.59. The first-order valence-electron chi connectivity index (χ1n) is 13.5. The van der Waals surface area contributed by atoms with Crippen LogP contribution >= 0.6 is 0 Å². The van der Waals surface area contributed by atoms with E-state index in [0.29, 0.717) is 37.1 Å². The van der Waals surface area contributed by atoms with E-state index in [2.05, 4.69) is 37.5 Å². The number of alkyl halides is 2. The smallest absolute Gasteiger partial charge is 0.249 e. The van der Waals surface area contributed by atoms with Crippen molar-refractivity contribution in [2.45, 2.75) is 90.8 Å². The summed E-state index contributed by atoms with van der Waals surface area (Å²) in [6.45, 7) is 14.1. The predicted molar refractivity (Wildman–Crippen MR) is 134 cm³/mol. The molecule has 0 spiro atoms. The van der Waals surface area contributed by atoms with Crippen LogP contribution in [0.3, 0.4) is 0 Å². The molecule has 0 amide bonds. The van der Waals surface area contributed by atoms with E-state index in [1.165, 1.54) is 31.3 Å². The second-order valence-corrected chi connectivity index (χ2v) is 12.3. The van der Waals surface area contributed by atoms with Crippen molar-refractivity contribution in [2.24, 2.45) is 35.0 Å². The summed E-state index contributed by atoms with van der Waals surface area (Å²) >= 11 is 0. The van der Waals surface area contributed by atoms with Crippen LogP contribution in [0.1, 0.15) is 72.6 Å². The molecule has 4 rings (SSSR count). The van der Waals surface area contributed by atoms with Crippen molar-refractivity contribution < 1.29 is 19.0 Å². The molecular formula is C29H45F2NO2. The number of hydrogen-bond acceptors (Lipinski definition) is 3. The van der Waals surface area contributed by atoms with Gasteiger partial charge in [0.2, 0.25) is 5.92 Å². The van der Waals surface area contributed by atoms with Crippen molar-refractivity contribution in [3.8, 4) is 0 Å². The molecule has 0 radical (unpaired) electrons. The standard InChI is InChI=1S/C29H45F2NO2/c1-18(16-32-14-12-23(17-32)29(5,30)31)24-10-11-25-21(7-6-13-28(24,25)4)8-9-22-15-26(33)20(3)27(34)19(22)2/h8-9,18,20,23-27,33-34H,2,6-7,10-17H2,1,3-5H3/b21-8+,22-9-/t18?,20-,23-,24+,25-,26+,27+,28+/m0/s1. The Morgan fingerprint density at radius 1 is 1.24 bits per heavy atom. The molecule has 2 N–H and O–H groups in total. The van der Waals surface area contributed by atoms with E-state index in [1.807, 2.05) is 6.92 Å². The summed E-state index contributed by atoms with van der Waals surface area (Å²) in [6, 6.07) is 0. The van der Waals surface area contributed by atoms with Crippen molar-refractivity contribution in [1.29, 1.82) is 0 Å². The van der Waals surface area contributed by atoms with Gasteiger partial charge in [0.1, 0.15) is 0 Å². The Morgan fingerprint density at radius 3 is 2.65 bits per heavy atom. The van der Waals surface area contributed by atoms with Crippen molar-refractivity contribution >= 4 is 0 Å². The van der Waals surface area contributed by atoms with Crippen LogP contribution in [-0.4, -0.2) is 52.9 Å². The summed E-state index contributed by atoms with van der Waals surface area (Å²) in [5, 5.41) is 20.8. The number of allylic oxidation sites excluding steroid dienone is 3. The van der Waals surface area contributed by atoms with E-state index in [-0.39, 0.29) is 11.3 Å². The number of nitrogens with zero attached hydrogens (tertiary/aromatic N) is 1. The zero-order valence-corrected chi connectivity index (χ0v) is 21.6. The van der Waals surface area contributed by atoms with E-state index in [1.54, 1.807) is 0 Å². The third kappa shape index (κ3) is 4.95. The molecule has 0 aromatic carbocycles. The first-order valence-corrected chi connectivity index (χ1v) is 13.5. The Balaban J connectivity index is 1.44. The Morgan fingerprint density at radius 2 is 1.97 bits per heavy atom. The fraction of sp³-hybridized carbons (Fsp3) is 0.793. The molecule has 1 aliphatic heterocycles. The van der Waals surface area contributed by atoms with E-state index in [9.17, 15) is 19.0 Å². The number of likely N-dealkylation sites (tertiary alicyclic amines) is 1. The fourth-order valence-corrected chi connectivity index (χ4v) is 7.80. The maximum Gasteiger partial charge on any atom is 0.249 e. The Bertz CT molecular complexity index is 830. The van der Waals surface area contributed by atoms with Crippen LogP contribution in [0, 0.1) is 35.0 Å². The van der Waals surface area contributed by atoms with Gasteiger partial charge in [-0.05, 0) is 92.7 Å². The van der Waals surface area contributed by atoms with Crippen LogP contribution in [0.25, 0.3) is 0 Å². The molecule has 5 heteroatoms. The van der Waals surface area contributed by atoms with E-state index < -0.39 is 24.0 Å². The lowest BCUT2D eigenvalue weighted by Gasteiger charge is -2.45. The van der Waals surface area contributed by atoms with Crippen LogP contribution < -0.4 is 0 Å². The van der Waals surface area contributed by atoms with Crippen molar-refractivity contribution in [2.75, 3.05) is 19.6 Å². The molecule has 8 atom stereocenters. The Labute approximate surface area is 205 Å². The van der Waals surface area contributed by atoms with Gasteiger partial charge in [0, 0.05) is 24.9 Å². The highest BCUT2D eigenvalue weighted by Gasteiger charge is 2.51. The first kappa shape index (κ1) is 26.0. The minimum absolute atomic E-state index is 0.179. The quantitative estimate of drug-likeness (QED) is 0.511. The lowest BCUT2D eigenvalue weighted by atomic mass is 9.61. The SMILES string of the molecule is C=C1/C(=C\C=C2/CCC[C@]3(C)[C@@H](C(C)CN4CC[C@H](C(C)(F)F)C4)CC[C@@H]23)C[C@@H](O)[C@H](C)[C@@H]1O. The second kappa shape index (κ2) is 9.78. The van der Waals surface area contributed by atoms with Gasteiger partial charge in [-0.15, -0.1) is 0 Å². The lowest BCUT2D eigenvalue weighted by Crippen LogP contribution is -2.40. The molecule has 4 aliphatic rings. The minimum Gasteiger partial charge on any atom is -0.392 e. The molecule has 3 aliphatic carbocycles. The summed E-state index contributed by atoms with van der Waals surface area (Å²) < 4.78 is 27.6. The van der Waals surface area contributed by atoms with Gasteiger partial charge in [0.05, 0.1) is 12.2 Å². The van der Waals surface area contributed by atoms with Crippen LogP contribution in [0.4, 0.5) is 8.78 Å². The Kier molecular flexibility index (Phi) is 7.49. The molecule has 0 bridgehead atoms. The maximum absolute atomic E-state index is 13.8. The second-order valence-electron chi connectivity index (χ2n) is 12.3. The molecule has 34 heavy (non-hydrogen) atoms. The summed E-state index contributed by atoms with van der Waals surface area (Å²) in [6.07, 6.45) is 10.2. The Hall–Kier alpha value is -1.04. The molecule has 3 saturated carbocycles. The molecule has 1 unspecified atom stereocenters.